The van der Waals surface area contributed by atoms with Gasteiger partial charge in [-0.2, -0.15) is 5.10 Å². The minimum atomic E-state index is -1.64. The predicted molar refractivity (Wildman–Crippen MR) is 78.3 cm³/mol. The van der Waals surface area contributed by atoms with Gasteiger partial charge in [-0.15, -0.1) is 0 Å². The van der Waals surface area contributed by atoms with Crippen LogP contribution in [0, 0.1) is 29.2 Å². The van der Waals surface area contributed by atoms with Gasteiger partial charge in [0.2, 0.25) is 5.91 Å². The summed E-state index contributed by atoms with van der Waals surface area (Å²) in [7, 11) is 0. The highest BCUT2D eigenvalue weighted by molar-refractivity contribution is 5.90. The van der Waals surface area contributed by atoms with Crippen molar-refractivity contribution >= 4 is 11.6 Å². The second kappa shape index (κ2) is 6.26. The number of rotatable bonds is 3. The van der Waals surface area contributed by atoms with Gasteiger partial charge >= 0.3 is 0 Å². The lowest BCUT2D eigenvalue weighted by molar-refractivity contribution is -0.117. The van der Waals surface area contributed by atoms with E-state index in [0.29, 0.717) is 5.92 Å². The summed E-state index contributed by atoms with van der Waals surface area (Å²) in [6, 6.07) is 0.0864. The van der Waals surface area contributed by atoms with Gasteiger partial charge in [0.25, 0.3) is 0 Å². The topological polar surface area (TPSA) is 46.9 Å². The highest BCUT2D eigenvalue weighted by Gasteiger charge is 2.22. The largest absolute Gasteiger partial charge is 0.319 e. The number of halogens is 4. The molecule has 128 valence electrons. The van der Waals surface area contributed by atoms with Gasteiger partial charge in [-0.1, -0.05) is 6.92 Å². The first kappa shape index (κ1) is 16.5. The predicted octanol–water partition coefficient (Wildman–Crippen LogP) is 3.20. The molecule has 8 heteroatoms. The molecule has 1 unspecified atom stereocenters. The minimum absolute atomic E-state index is 0.0864. The van der Waals surface area contributed by atoms with Gasteiger partial charge < -0.3 is 5.32 Å². The summed E-state index contributed by atoms with van der Waals surface area (Å²) in [5, 5.41) is 6.13. The minimum Gasteiger partial charge on any atom is -0.319 e. The lowest BCUT2D eigenvalue weighted by Gasteiger charge is -2.15. The zero-order valence-corrected chi connectivity index (χ0v) is 12.9. The highest BCUT2D eigenvalue weighted by atomic mass is 19.2. The number of carbonyl (C=O) groups excluding carboxylic acids is 1. The molecule has 1 heterocycles. The van der Waals surface area contributed by atoms with Crippen molar-refractivity contribution in [2.24, 2.45) is 5.92 Å². The van der Waals surface area contributed by atoms with Crippen LogP contribution in [0.3, 0.4) is 0 Å². The van der Waals surface area contributed by atoms with E-state index in [4.69, 9.17) is 0 Å². The second-order valence-electron chi connectivity index (χ2n) is 6.04. The van der Waals surface area contributed by atoms with Crippen molar-refractivity contribution in [3.63, 3.8) is 0 Å². The maximum absolute atomic E-state index is 13.6. The van der Waals surface area contributed by atoms with E-state index in [-0.39, 0.29) is 12.6 Å². The molecule has 0 aliphatic heterocycles. The number of amides is 1. The van der Waals surface area contributed by atoms with E-state index < -0.39 is 34.9 Å². The molecule has 1 aromatic heterocycles. The van der Waals surface area contributed by atoms with Crippen LogP contribution in [0.5, 0.6) is 0 Å². The number of carbonyl (C=O) groups is 1. The van der Waals surface area contributed by atoms with Crippen LogP contribution in [0.4, 0.5) is 23.2 Å². The van der Waals surface area contributed by atoms with Crippen molar-refractivity contribution in [1.82, 2.24) is 9.78 Å². The van der Waals surface area contributed by atoms with E-state index in [9.17, 15) is 22.4 Å². The smallest absolute Gasteiger partial charge is 0.246 e. The summed E-state index contributed by atoms with van der Waals surface area (Å²) in [6.45, 7) is 1.81. The van der Waals surface area contributed by atoms with Crippen LogP contribution in [-0.4, -0.2) is 15.7 Å². The molecule has 1 aliphatic carbocycles. The Labute approximate surface area is 135 Å². The average Bonchev–Trinajstić information content (AvgIpc) is 2.90. The van der Waals surface area contributed by atoms with Crippen molar-refractivity contribution in [3.05, 3.63) is 46.8 Å². The van der Waals surface area contributed by atoms with E-state index in [2.05, 4.69) is 12.0 Å². The maximum Gasteiger partial charge on any atom is 0.246 e. The number of benzene rings is 1. The maximum atomic E-state index is 13.6. The summed E-state index contributed by atoms with van der Waals surface area (Å²) in [6.07, 6.45) is 4.39. The number of aryl methyl sites for hydroxylation is 1. The van der Waals surface area contributed by atoms with Crippen molar-refractivity contribution in [2.75, 3.05) is 5.32 Å². The number of nitrogens with one attached hydrogen (secondary N) is 1. The van der Waals surface area contributed by atoms with Gasteiger partial charge in [0.05, 0.1) is 5.69 Å². The summed E-state index contributed by atoms with van der Waals surface area (Å²) >= 11 is 0. The van der Waals surface area contributed by atoms with E-state index in [1.165, 1.54) is 4.68 Å². The van der Waals surface area contributed by atoms with Gasteiger partial charge in [-0.3, -0.25) is 9.48 Å². The van der Waals surface area contributed by atoms with E-state index in [1.54, 1.807) is 6.20 Å². The molecule has 1 amide bonds. The molecular weight excluding hydrogens is 326 g/mol. The molecule has 3 rings (SSSR count). The van der Waals surface area contributed by atoms with Crippen molar-refractivity contribution in [1.29, 1.82) is 0 Å². The summed E-state index contributed by atoms with van der Waals surface area (Å²) in [5.41, 5.74) is 0.800. The molecule has 0 saturated carbocycles. The Kier molecular flexibility index (Phi) is 4.29. The first-order chi connectivity index (χ1) is 11.3. The Bertz CT molecular complexity index is 777. The fourth-order valence-electron chi connectivity index (χ4n) is 2.83. The standard InChI is InChI=1S/C16H15F4N3O/c1-8-2-3-12-9(4-8)6-23(22-12)7-13(24)21-16-14(19)10(17)5-11(18)15(16)20/h5-6,8H,2-4,7H2,1H3,(H,21,24). The lowest BCUT2D eigenvalue weighted by atomic mass is 9.89. The third-order valence-corrected chi connectivity index (χ3v) is 4.05. The number of fused-ring (bicyclic) bond motifs is 1. The molecule has 24 heavy (non-hydrogen) atoms. The Morgan fingerprint density at radius 1 is 1.29 bits per heavy atom. The Morgan fingerprint density at radius 2 is 1.96 bits per heavy atom. The van der Waals surface area contributed by atoms with Gasteiger partial charge in [0.15, 0.2) is 23.3 Å². The first-order valence-corrected chi connectivity index (χ1v) is 7.53. The van der Waals surface area contributed by atoms with Gasteiger partial charge in [0, 0.05) is 12.3 Å². The number of aromatic nitrogens is 2. The lowest BCUT2D eigenvalue weighted by Crippen LogP contribution is -2.21. The highest BCUT2D eigenvalue weighted by Crippen LogP contribution is 2.25. The molecule has 1 atom stereocenters. The number of anilines is 1. The molecule has 2 aromatic rings. The molecular formula is C16H15F4N3O. The van der Waals surface area contributed by atoms with E-state index in [1.807, 2.05) is 5.32 Å². The monoisotopic (exact) mass is 341 g/mol. The molecule has 0 fully saturated rings. The van der Waals surface area contributed by atoms with E-state index >= 15 is 0 Å². The molecule has 0 radical (unpaired) electrons. The molecule has 1 aliphatic rings. The van der Waals surface area contributed by atoms with Crippen molar-refractivity contribution < 1.29 is 22.4 Å². The quantitative estimate of drug-likeness (QED) is 0.688. The average molecular weight is 341 g/mol. The summed E-state index contributed by atoms with van der Waals surface area (Å²) < 4.78 is 54.7. The van der Waals surface area contributed by atoms with Crippen LogP contribution in [-0.2, 0) is 24.2 Å². The van der Waals surface area contributed by atoms with Crippen LogP contribution < -0.4 is 5.32 Å². The van der Waals surface area contributed by atoms with Crippen LogP contribution >= 0.6 is 0 Å². The van der Waals surface area contributed by atoms with Crippen molar-refractivity contribution in [3.8, 4) is 0 Å². The summed E-state index contributed by atoms with van der Waals surface area (Å²) in [4.78, 5) is 11.9. The molecule has 1 aromatic carbocycles. The molecule has 0 saturated heterocycles. The summed E-state index contributed by atoms with van der Waals surface area (Å²) in [5.74, 6) is -6.74. The van der Waals surface area contributed by atoms with Crippen LogP contribution in [0.15, 0.2) is 12.3 Å². The zero-order valence-electron chi connectivity index (χ0n) is 12.9. The second-order valence-corrected chi connectivity index (χ2v) is 6.04. The first-order valence-electron chi connectivity index (χ1n) is 7.53. The number of hydrogen-bond acceptors (Lipinski definition) is 2. The molecule has 1 N–H and O–H groups in total. The fraction of sp³-hybridized carbons (Fsp3) is 0.375. The van der Waals surface area contributed by atoms with Crippen LogP contribution in [0.2, 0.25) is 0 Å². The van der Waals surface area contributed by atoms with Crippen molar-refractivity contribution in [2.45, 2.75) is 32.7 Å². The molecule has 0 spiro atoms. The normalized spacial score (nSPS) is 16.8. The number of hydrogen-bond donors (Lipinski definition) is 1. The molecule has 0 bridgehead atoms. The van der Waals surface area contributed by atoms with Crippen LogP contribution in [0.1, 0.15) is 24.6 Å². The van der Waals surface area contributed by atoms with E-state index in [0.717, 1.165) is 30.5 Å². The Hall–Kier alpha value is -2.38. The van der Waals surface area contributed by atoms with Gasteiger partial charge in [-0.25, -0.2) is 17.6 Å². The van der Waals surface area contributed by atoms with Gasteiger partial charge in [0.1, 0.15) is 12.2 Å². The third kappa shape index (κ3) is 3.13. The Balaban J connectivity index is 1.75. The SMILES string of the molecule is CC1CCc2nn(CC(=O)Nc3c(F)c(F)cc(F)c3F)cc2C1. The number of nitrogens with zero attached hydrogens (tertiary/aromatic N) is 2. The van der Waals surface area contributed by atoms with Crippen LogP contribution in [0.25, 0.3) is 0 Å². The van der Waals surface area contributed by atoms with Gasteiger partial charge in [-0.05, 0) is 30.7 Å². The fourth-order valence-corrected chi connectivity index (χ4v) is 2.83. The zero-order chi connectivity index (χ0) is 17.4. The molecule has 4 nitrogen and oxygen atoms in total. The third-order valence-electron chi connectivity index (χ3n) is 4.05. The Morgan fingerprint density at radius 3 is 2.62 bits per heavy atom.